The number of ether oxygens (including phenoxy) is 3. The van der Waals surface area contributed by atoms with Crippen LogP contribution in [0.5, 0.6) is 11.5 Å². The second-order valence-corrected chi connectivity index (χ2v) is 6.51. The second kappa shape index (κ2) is 10.4. The number of rotatable bonds is 8. The lowest BCUT2D eigenvalue weighted by atomic mass is 10.2. The maximum absolute atomic E-state index is 11.8. The summed E-state index contributed by atoms with van der Waals surface area (Å²) in [4.78, 5) is 23.6. The van der Waals surface area contributed by atoms with Crippen LogP contribution in [0.2, 0.25) is 5.02 Å². The smallest absolute Gasteiger partial charge is 0.331 e. The van der Waals surface area contributed by atoms with E-state index >= 15 is 0 Å². The minimum absolute atomic E-state index is 0.0179. The summed E-state index contributed by atoms with van der Waals surface area (Å²) in [6.07, 6.45) is 2.83. The molecule has 0 aliphatic carbocycles. The Morgan fingerprint density at radius 1 is 1.11 bits per heavy atom. The Morgan fingerprint density at radius 3 is 2.46 bits per heavy atom. The Balaban J connectivity index is 1.87. The molecule has 0 fully saturated rings. The lowest BCUT2D eigenvalue weighted by Gasteiger charge is -2.13. The largest absolute Gasteiger partial charge is 0.493 e. The van der Waals surface area contributed by atoms with Crippen molar-refractivity contribution in [3.05, 3.63) is 59.1 Å². The van der Waals surface area contributed by atoms with Gasteiger partial charge in [0.1, 0.15) is 0 Å². The Bertz CT molecular complexity index is 846. The molecule has 0 spiro atoms. The predicted octanol–water partition coefficient (Wildman–Crippen LogP) is 4.33. The van der Waals surface area contributed by atoms with Crippen LogP contribution in [-0.2, 0) is 14.3 Å². The van der Waals surface area contributed by atoms with E-state index in [0.29, 0.717) is 22.2 Å². The molecule has 2 rings (SSSR count). The summed E-state index contributed by atoms with van der Waals surface area (Å²) in [5.41, 5.74) is 1.30. The van der Waals surface area contributed by atoms with Crippen molar-refractivity contribution in [1.29, 1.82) is 0 Å². The van der Waals surface area contributed by atoms with E-state index in [9.17, 15) is 9.59 Å². The highest BCUT2D eigenvalue weighted by atomic mass is 35.5. The van der Waals surface area contributed by atoms with Gasteiger partial charge < -0.3 is 19.5 Å². The molecule has 28 heavy (non-hydrogen) atoms. The number of carbonyl (C=O) groups is 2. The number of hydrogen-bond donors (Lipinski definition) is 1. The van der Waals surface area contributed by atoms with E-state index in [4.69, 9.17) is 25.8 Å². The molecule has 0 saturated heterocycles. The third kappa shape index (κ3) is 6.96. The van der Waals surface area contributed by atoms with Crippen molar-refractivity contribution >= 4 is 35.2 Å². The van der Waals surface area contributed by atoms with E-state index in [1.54, 1.807) is 55.7 Å². The molecule has 1 amide bonds. The van der Waals surface area contributed by atoms with Crippen LogP contribution in [0.15, 0.2) is 48.5 Å². The number of methoxy groups -OCH3 is 1. The van der Waals surface area contributed by atoms with Crippen molar-refractivity contribution in [3.63, 3.8) is 0 Å². The van der Waals surface area contributed by atoms with Gasteiger partial charge in [-0.3, -0.25) is 4.79 Å². The topological polar surface area (TPSA) is 73.9 Å². The van der Waals surface area contributed by atoms with Crippen molar-refractivity contribution < 1.29 is 23.8 Å². The zero-order valence-electron chi connectivity index (χ0n) is 15.9. The molecule has 0 aliphatic rings. The fourth-order valence-corrected chi connectivity index (χ4v) is 2.34. The van der Waals surface area contributed by atoms with E-state index in [1.165, 1.54) is 6.08 Å². The van der Waals surface area contributed by atoms with Crippen LogP contribution in [0.4, 0.5) is 5.69 Å². The lowest BCUT2D eigenvalue weighted by molar-refractivity contribution is -0.142. The van der Waals surface area contributed by atoms with Crippen molar-refractivity contribution in [2.24, 2.45) is 0 Å². The SMILES string of the molecule is COc1cc(/C=C/C(=O)OCC(=O)Nc2ccc(Cl)cc2)ccc1OC(C)C. The average molecular weight is 404 g/mol. The van der Waals surface area contributed by atoms with Crippen LogP contribution < -0.4 is 14.8 Å². The van der Waals surface area contributed by atoms with Crippen LogP contribution in [0, 0.1) is 0 Å². The molecule has 0 bridgehead atoms. The number of anilines is 1. The van der Waals surface area contributed by atoms with Crippen molar-refractivity contribution in [3.8, 4) is 11.5 Å². The van der Waals surface area contributed by atoms with Gasteiger partial charge in [-0.2, -0.15) is 0 Å². The first-order valence-corrected chi connectivity index (χ1v) is 9.00. The van der Waals surface area contributed by atoms with Crippen molar-refractivity contribution in [1.82, 2.24) is 0 Å². The van der Waals surface area contributed by atoms with Crippen molar-refractivity contribution in [2.75, 3.05) is 19.0 Å². The molecule has 0 unspecified atom stereocenters. The van der Waals surface area contributed by atoms with Gasteiger partial charge in [0.15, 0.2) is 18.1 Å². The maximum atomic E-state index is 11.8. The summed E-state index contributed by atoms with van der Waals surface area (Å²) in [6, 6.07) is 11.9. The van der Waals surface area contributed by atoms with Gasteiger partial charge in [-0.05, 0) is 61.9 Å². The molecule has 1 N–H and O–H groups in total. The summed E-state index contributed by atoms with van der Waals surface area (Å²) in [7, 11) is 1.55. The number of amides is 1. The third-order valence-electron chi connectivity index (χ3n) is 3.44. The summed E-state index contributed by atoms with van der Waals surface area (Å²) in [5, 5.41) is 3.17. The minimum atomic E-state index is -0.632. The quantitative estimate of drug-likeness (QED) is 0.524. The molecule has 0 aromatic heterocycles. The summed E-state index contributed by atoms with van der Waals surface area (Å²) in [5.74, 6) is 0.108. The molecule has 148 valence electrons. The van der Waals surface area contributed by atoms with Gasteiger partial charge in [-0.25, -0.2) is 4.79 Å². The standard InChI is InChI=1S/C21H22ClNO5/c1-14(2)28-18-10-4-15(12-19(18)26-3)5-11-21(25)27-13-20(24)23-17-8-6-16(22)7-9-17/h4-12,14H,13H2,1-3H3,(H,23,24)/b11-5+. The highest BCUT2D eigenvalue weighted by Crippen LogP contribution is 2.29. The summed E-state index contributed by atoms with van der Waals surface area (Å²) >= 11 is 5.78. The monoisotopic (exact) mass is 403 g/mol. The Morgan fingerprint density at radius 2 is 1.82 bits per heavy atom. The number of halogens is 1. The van der Waals surface area contributed by atoms with E-state index in [1.807, 2.05) is 13.8 Å². The third-order valence-corrected chi connectivity index (χ3v) is 3.69. The zero-order valence-corrected chi connectivity index (χ0v) is 16.7. The van der Waals surface area contributed by atoms with Gasteiger partial charge in [0.25, 0.3) is 5.91 Å². The Labute approximate surface area is 169 Å². The average Bonchev–Trinajstić information content (AvgIpc) is 2.67. The highest BCUT2D eigenvalue weighted by molar-refractivity contribution is 6.30. The number of benzene rings is 2. The summed E-state index contributed by atoms with van der Waals surface area (Å²) < 4.78 is 15.9. The van der Waals surface area contributed by atoms with Gasteiger partial charge in [-0.1, -0.05) is 17.7 Å². The number of nitrogens with one attached hydrogen (secondary N) is 1. The first-order valence-electron chi connectivity index (χ1n) is 8.62. The van der Waals surface area contributed by atoms with E-state index in [0.717, 1.165) is 5.56 Å². The molecule has 0 heterocycles. The minimum Gasteiger partial charge on any atom is -0.493 e. The van der Waals surface area contributed by atoms with Gasteiger partial charge in [0, 0.05) is 16.8 Å². The van der Waals surface area contributed by atoms with Crippen LogP contribution in [0.25, 0.3) is 6.08 Å². The lowest BCUT2D eigenvalue weighted by Crippen LogP contribution is -2.20. The van der Waals surface area contributed by atoms with E-state index in [-0.39, 0.29) is 6.10 Å². The zero-order chi connectivity index (χ0) is 20.5. The highest BCUT2D eigenvalue weighted by Gasteiger charge is 2.08. The second-order valence-electron chi connectivity index (χ2n) is 6.07. The van der Waals surface area contributed by atoms with Crippen LogP contribution in [0.1, 0.15) is 19.4 Å². The Kier molecular flexibility index (Phi) is 7.89. The molecule has 2 aromatic rings. The number of hydrogen-bond acceptors (Lipinski definition) is 5. The Hall–Kier alpha value is -2.99. The first kappa shape index (κ1) is 21.3. The molecule has 6 nitrogen and oxygen atoms in total. The molecular formula is C21H22ClNO5. The number of carbonyl (C=O) groups excluding carboxylic acids is 2. The van der Waals surface area contributed by atoms with Gasteiger partial charge >= 0.3 is 5.97 Å². The summed E-state index contributed by atoms with van der Waals surface area (Å²) in [6.45, 7) is 3.45. The predicted molar refractivity (Wildman–Crippen MR) is 109 cm³/mol. The first-order chi connectivity index (χ1) is 13.4. The fraction of sp³-hybridized carbons (Fsp3) is 0.238. The van der Waals surface area contributed by atoms with Gasteiger partial charge in [0.2, 0.25) is 0 Å². The van der Waals surface area contributed by atoms with Gasteiger partial charge in [-0.15, -0.1) is 0 Å². The molecular weight excluding hydrogens is 382 g/mol. The van der Waals surface area contributed by atoms with E-state index < -0.39 is 18.5 Å². The maximum Gasteiger partial charge on any atom is 0.331 e. The van der Waals surface area contributed by atoms with Crippen molar-refractivity contribution in [2.45, 2.75) is 20.0 Å². The van der Waals surface area contributed by atoms with Crippen LogP contribution >= 0.6 is 11.6 Å². The van der Waals surface area contributed by atoms with Crippen LogP contribution in [-0.4, -0.2) is 31.7 Å². The molecule has 2 aromatic carbocycles. The molecule has 0 aliphatic heterocycles. The molecule has 0 radical (unpaired) electrons. The van der Waals surface area contributed by atoms with Crippen LogP contribution in [0.3, 0.4) is 0 Å². The normalized spacial score (nSPS) is 10.8. The van der Waals surface area contributed by atoms with E-state index in [2.05, 4.69) is 5.32 Å². The van der Waals surface area contributed by atoms with Gasteiger partial charge in [0.05, 0.1) is 13.2 Å². The molecule has 0 saturated carbocycles. The molecule has 0 atom stereocenters. The fourth-order valence-electron chi connectivity index (χ4n) is 2.22. The molecule has 7 heteroatoms. The number of esters is 1.